The van der Waals surface area contributed by atoms with Gasteiger partial charge in [0.25, 0.3) is 0 Å². The number of hydrogen-bond acceptors (Lipinski definition) is 6. The summed E-state index contributed by atoms with van der Waals surface area (Å²) in [7, 11) is 0. The first-order chi connectivity index (χ1) is 18.1. The number of nitrogens with one attached hydrogen (secondary N) is 3. The van der Waals surface area contributed by atoms with Gasteiger partial charge >= 0.3 is 0 Å². The Kier molecular flexibility index (Phi) is 17.4. The second kappa shape index (κ2) is 19.7. The maximum Gasteiger partial charge on any atom is 0.246 e. The Morgan fingerprint density at radius 2 is 0.816 bits per heavy atom. The molecule has 0 saturated heterocycles. The minimum absolute atomic E-state index is 0.0432. The molecule has 0 aliphatic rings. The minimum Gasteiger partial charge on any atom is -0.351 e. The summed E-state index contributed by atoms with van der Waals surface area (Å²) in [6, 6.07) is 0. The molecule has 0 unspecified atom stereocenters. The van der Waals surface area contributed by atoms with Gasteiger partial charge in [0.2, 0.25) is 35.4 Å². The molecule has 0 spiro atoms. The number of carbonyl (C=O) groups is 6. The summed E-state index contributed by atoms with van der Waals surface area (Å²) >= 11 is 0. The minimum atomic E-state index is -0.424. The van der Waals surface area contributed by atoms with Crippen molar-refractivity contribution in [3.05, 3.63) is 63.3 Å². The second-order valence-corrected chi connectivity index (χ2v) is 7.68. The molecular formula is C26H38N6O6. The zero-order valence-electron chi connectivity index (χ0n) is 21.8. The number of nitrogens with zero attached hydrogens (tertiary/aromatic N) is 3. The molecule has 0 aromatic carbocycles. The van der Waals surface area contributed by atoms with Crippen LogP contribution in [0.2, 0.25) is 0 Å². The van der Waals surface area contributed by atoms with Gasteiger partial charge < -0.3 is 30.7 Å². The third kappa shape index (κ3) is 14.2. The van der Waals surface area contributed by atoms with Crippen molar-refractivity contribution in [3.8, 4) is 0 Å². The smallest absolute Gasteiger partial charge is 0.246 e. The van der Waals surface area contributed by atoms with Crippen LogP contribution in [0, 0.1) is 0 Å². The van der Waals surface area contributed by atoms with Crippen molar-refractivity contribution in [2.45, 2.75) is 6.42 Å². The van der Waals surface area contributed by atoms with E-state index in [4.69, 9.17) is 0 Å². The molecular weight excluding hydrogens is 492 g/mol. The lowest BCUT2D eigenvalue weighted by atomic mass is 10.3. The molecule has 12 heteroatoms. The van der Waals surface area contributed by atoms with Gasteiger partial charge in [-0.1, -0.05) is 32.9 Å². The van der Waals surface area contributed by atoms with E-state index < -0.39 is 5.91 Å². The van der Waals surface area contributed by atoms with Crippen LogP contribution in [0.4, 0.5) is 0 Å². The molecule has 3 N–H and O–H groups in total. The van der Waals surface area contributed by atoms with E-state index in [-0.39, 0.29) is 94.9 Å². The van der Waals surface area contributed by atoms with Gasteiger partial charge in [0.1, 0.15) is 0 Å². The molecule has 6 amide bonds. The topological polar surface area (TPSA) is 148 Å². The Bertz CT molecular complexity index is 890. The van der Waals surface area contributed by atoms with Gasteiger partial charge in [-0.15, -0.1) is 0 Å². The van der Waals surface area contributed by atoms with Crippen LogP contribution in [0.5, 0.6) is 0 Å². The average Bonchev–Trinajstić information content (AvgIpc) is 2.93. The predicted octanol–water partition coefficient (Wildman–Crippen LogP) is -0.859. The van der Waals surface area contributed by atoms with E-state index in [9.17, 15) is 28.8 Å². The van der Waals surface area contributed by atoms with Crippen LogP contribution in [0.1, 0.15) is 6.42 Å². The van der Waals surface area contributed by atoms with Crippen molar-refractivity contribution in [1.82, 2.24) is 30.7 Å². The van der Waals surface area contributed by atoms with Gasteiger partial charge in [0.05, 0.1) is 0 Å². The van der Waals surface area contributed by atoms with E-state index >= 15 is 0 Å². The maximum atomic E-state index is 12.9. The van der Waals surface area contributed by atoms with Crippen molar-refractivity contribution in [2.75, 3.05) is 58.9 Å². The van der Waals surface area contributed by atoms with Crippen molar-refractivity contribution >= 4 is 35.4 Å². The van der Waals surface area contributed by atoms with Crippen molar-refractivity contribution < 1.29 is 28.8 Å². The molecule has 0 rings (SSSR count). The second-order valence-electron chi connectivity index (χ2n) is 7.68. The summed E-state index contributed by atoms with van der Waals surface area (Å²) in [4.78, 5) is 76.1. The fourth-order valence-corrected chi connectivity index (χ4v) is 3.07. The third-order valence-corrected chi connectivity index (χ3v) is 5.16. The Labute approximate surface area is 223 Å². The molecule has 0 aliphatic carbocycles. The van der Waals surface area contributed by atoms with Gasteiger partial charge in [-0.05, 0) is 30.4 Å². The van der Waals surface area contributed by atoms with Crippen LogP contribution >= 0.6 is 0 Å². The van der Waals surface area contributed by atoms with E-state index in [0.717, 1.165) is 30.4 Å². The zero-order valence-corrected chi connectivity index (χ0v) is 21.8. The lowest BCUT2D eigenvalue weighted by Gasteiger charge is -2.28. The van der Waals surface area contributed by atoms with Crippen LogP contribution in [-0.4, -0.2) is 109 Å². The number of hydrogen-bond donors (Lipinski definition) is 3. The Balaban J connectivity index is 5.21. The fourth-order valence-electron chi connectivity index (χ4n) is 3.07. The average molecular weight is 531 g/mol. The molecule has 0 heterocycles. The van der Waals surface area contributed by atoms with Crippen LogP contribution < -0.4 is 16.0 Å². The van der Waals surface area contributed by atoms with Crippen LogP contribution in [0.3, 0.4) is 0 Å². The number of carbonyl (C=O) groups excluding carboxylic acids is 6. The molecule has 0 aromatic heterocycles. The highest BCUT2D eigenvalue weighted by atomic mass is 16.2. The number of amides is 6. The summed E-state index contributed by atoms with van der Waals surface area (Å²) in [5.74, 6) is -2.26. The summed E-state index contributed by atoms with van der Waals surface area (Å²) < 4.78 is 0. The molecule has 38 heavy (non-hydrogen) atoms. The van der Waals surface area contributed by atoms with Crippen molar-refractivity contribution in [2.24, 2.45) is 0 Å². The lowest BCUT2D eigenvalue weighted by Crippen LogP contribution is -2.45. The monoisotopic (exact) mass is 530 g/mol. The summed E-state index contributed by atoms with van der Waals surface area (Å²) in [6.45, 7) is 18.4. The van der Waals surface area contributed by atoms with Crippen molar-refractivity contribution in [3.63, 3.8) is 0 Å². The Morgan fingerprint density at radius 1 is 0.474 bits per heavy atom. The zero-order chi connectivity index (χ0) is 28.9. The first-order valence-electron chi connectivity index (χ1n) is 11.9. The molecule has 0 radical (unpaired) electrons. The largest absolute Gasteiger partial charge is 0.351 e. The van der Waals surface area contributed by atoms with E-state index in [0.29, 0.717) is 0 Å². The Hall–Kier alpha value is -4.48. The Morgan fingerprint density at radius 3 is 1.16 bits per heavy atom. The van der Waals surface area contributed by atoms with E-state index in [1.54, 1.807) is 0 Å². The van der Waals surface area contributed by atoms with Crippen LogP contribution in [0.15, 0.2) is 63.3 Å². The van der Waals surface area contributed by atoms with Gasteiger partial charge in [-0.2, -0.15) is 0 Å². The van der Waals surface area contributed by atoms with Gasteiger partial charge in [-0.25, -0.2) is 0 Å². The molecule has 0 aromatic rings. The van der Waals surface area contributed by atoms with Gasteiger partial charge in [0, 0.05) is 65.3 Å². The lowest BCUT2D eigenvalue weighted by molar-refractivity contribution is -0.134. The van der Waals surface area contributed by atoms with Crippen LogP contribution in [-0.2, 0) is 28.8 Å². The molecule has 0 atom stereocenters. The molecule has 0 saturated carbocycles. The van der Waals surface area contributed by atoms with Gasteiger partial charge in [0.15, 0.2) is 0 Å². The maximum absolute atomic E-state index is 12.9. The third-order valence-electron chi connectivity index (χ3n) is 5.16. The fraction of sp³-hybridized carbons (Fsp3) is 0.385. The molecule has 208 valence electrons. The molecule has 12 nitrogen and oxygen atoms in total. The highest BCUT2D eigenvalue weighted by Gasteiger charge is 2.19. The summed E-state index contributed by atoms with van der Waals surface area (Å²) in [5.41, 5.74) is 0. The summed E-state index contributed by atoms with van der Waals surface area (Å²) in [5, 5.41) is 7.75. The van der Waals surface area contributed by atoms with Gasteiger partial charge in [-0.3, -0.25) is 28.8 Å². The SMILES string of the molecule is C=CC(=O)NCCN(CCN(CCC(=O)N(CCNC(=O)C=C)CCNC(=O)C=C)C(=O)C=C)C(=O)C=C. The standard InChI is InChI=1S/C26H38N6O6/c1-6-21(33)27-12-16-31(17-13-28-22(34)7-2)26(38)11-15-30(24(36)9-4)19-20-32(25(37)10-5)18-14-29-23(35)8-3/h6-10H,1-5,11-20H2,(H,27,33)(H,28,34)(H,29,35). The first-order valence-corrected chi connectivity index (χ1v) is 11.9. The van der Waals surface area contributed by atoms with Crippen molar-refractivity contribution in [1.29, 1.82) is 0 Å². The summed E-state index contributed by atoms with van der Waals surface area (Å²) in [6.07, 6.45) is 5.54. The number of rotatable bonds is 20. The first kappa shape index (κ1) is 33.5. The van der Waals surface area contributed by atoms with E-state index in [1.807, 2.05) is 0 Å². The normalized spacial score (nSPS) is 9.68. The molecule has 0 aliphatic heterocycles. The van der Waals surface area contributed by atoms with E-state index in [1.165, 1.54) is 14.7 Å². The molecule has 0 bridgehead atoms. The van der Waals surface area contributed by atoms with E-state index in [2.05, 4.69) is 48.8 Å². The predicted molar refractivity (Wildman–Crippen MR) is 144 cm³/mol. The molecule has 0 fully saturated rings. The highest BCUT2D eigenvalue weighted by molar-refractivity contribution is 5.89. The van der Waals surface area contributed by atoms with Crippen LogP contribution in [0.25, 0.3) is 0 Å². The quantitative estimate of drug-likeness (QED) is 0.175. The highest BCUT2D eigenvalue weighted by Crippen LogP contribution is 2.02.